The first-order valence-electron chi connectivity index (χ1n) is 7.14. The lowest BCUT2D eigenvalue weighted by atomic mass is 10.00. The fourth-order valence-corrected chi connectivity index (χ4v) is 5.87. The van der Waals surface area contributed by atoms with Gasteiger partial charge in [0.2, 0.25) is 0 Å². The molecular weight excluding hydrogens is 234 g/mol. The predicted molar refractivity (Wildman–Crippen MR) is 84.4 cm³/mol. The Morgan fingerprint density at radius 3 is 2.06 bits per heavy atom. The summed E-state index contributed by atoms with van der Waals surface area (Å²) in [4.78, 5) is 0. The van der Waals surface area contributed by atoms with Crippen LogP contribution < -0.4 is 0 Å². The van der Waals surface area contributed by atoms with Gasteiger partial charge in [0.1, 0.15) is 14.1 Å². The lowest BCUT2D eigenvalue weighted by Gasteiger charge is -2.42. The molecule has 102 valence electrons. The average Bonchev–Trinajstić information content (AvgIpc) is 2.23. The van der Waals surface area contributed by atoms with Crippen molar-refractivity contribution < 1.29 is 4.48 Å². The van der Waals surface area contributed by atoms with Crippen LogP contribution in [0.25, 0.3) is 0 Å². The highest BCUT2D eigenvalue weighted by atomic mass is 28.3. The summed E-state index contributed by atoms with van der Waals surface area (Å²) in [6.45, 7) is 9.72. The van der Waals surface area contributed by atoms with Gasteiger partial charge in [-0.3, -0.25) is 0 Å². The van der Waals surface area contributed by atoms with Crippen molar-refractivity contribution in [1.82, 2.24) is 0 Å². The van der Waals surface area contributed by atoms with Gasteiger partial charge in [-0.05, 0) is 0 Å². The molecular formula is C16H30NSi+. The molecule has 1 unspecified atom stereocenters. The van der Waals surface area contributed by atoms with Crippen molar-refractivity contribution in [1.29, 1.82) is 0 Å². The first-order valence-corrected chi connectivity index (χ1v) is 10.8. The Kier molecular flexibility index (Phi) is 5.17. The molecule has 0 radical (unpaired) electrons. The van der Waals surface area contributed by atoms with E-state index in [2.05, 4.69) is 71.0 Å². The second kappa shape index (κ2) is 6.03. The fraction of sp³-hybridized carbons (Fsp3) is 0.625. The van der Waals surface area contributed by atoms with E-state index in [9.17, 15) is 0 Å². The minimum Gasteiger partial charge on any atom is -0.326 e. The highest BCUT2D eigenvalue weighted by Crippen LogP contribution is 2.30. The molecule has 0 bridgehead atoms. The molecule has 0 saturated carbocycles. The maximum Gasteiger partial charge on any atom is 0.114 e. The van der Waals surface area contributed by atoms with Crippen LogP contribution in [0.2, 0.25) is 19.6 Å². The largest absolute Gasteiger partial charge is 0.326 e. The molecule has 0 N–H and O–H groups in total. The van der Waals surface area contributed by atoms with Crippen LogP contribution in [0.4, 0.5) is 0 Å². The second-order valence-corrected chi connectivity index (χ2v) is 12.7. The van der Waals surface area contributed by atoms with Crippen molar-refractivity contribution in [2.24, 2.45) is 0 Å². The summed E-state index contributed by atoms with van der Waals surface area (Å²) in [7, 11) is 3.77. The van der Waals surface area contributed by atoms with E-state index in [4.69, 9.17) is 0 Å². The minimum absolute atomic E-state index is 0.642. The molecule has 0 amide bonds. The Hall–Kier alpha value is -0.603. The summed E-state index contributed by atoms with van der Waals surface area (Å²) in [5.74, 6) is 0. The van der Waals surface area contributed by atoms with Gasteiger partial charge in [0.05, 0.1) is 20.3 Å². The van der Waals surface area contributed by atoms with E-state index in [-0.39, 0.29) is 0 Å². The molecule has 1 rings (SSSR count). The summed E-state index contributed by atoms with van der Waals surface area (Å²) < 4.78 is 1.13. The van der Waals surface area contributed by atoms with Crippen molar-refractivity contribution in [2.45, 2.75) is 45.4 Å². The van der Waals surface area contributed by atoms with Crippen LogP contribution in [0.15, 0.2) is 30.3 Å². The van der Waals surface area contributed by atoms with Crippen LogP contribution in [0, 0.1) is 0 Å². The maximum absolute atomic E-state index is 2.47. The van der Waals surface area contributed by atoms with Gasteiger partial charge >= 0.3 is 0 Å². The Morgan fingerprint density at radius 1 is 1.06 bits per heavy atom. The van der Waals surface area contributed by atoms with Crippen molar-refractivity contribution >= 4 is 8.07 Å². The van der Waals surface area contributed by atoms with Crippen LogP contribution in [0.1, 0.15) is 31.4 Å². The lowest BCUT2D eigenvalue weighted by molar-refractivity contribution is -0.912. The summed E-state index contributed by atoms with van der Waals surface area (Å²) in [5.41, 5.74) is 1.50. The molecule has 1 nitrogen and oxygen atoms in total. The molecule has 0 aliphatic heterocycles. The third kappa shape index (κ3) is 4.58. The first-order chi connectivity index (χ1) is 8.26. The lowest BCUT2D eigenvalue weighted by Crippen LogP contribution is -2.52. The van der Waals surface area contributed by atoms with E-state index in [0.29, 0.717) is 6.04 Å². The van der Waals surface area contributed by atoms with Crippen LogP contribution >= 0.6 is 0 Å². The van der Waals surface area contributed by atoms with Gasteiger partial charge in [-0.1, -0.05) is 63.3 Å². The summed E-state index contributed by atoms with van der Waals surface area (Å²) >= 11 is 0. The molecule has 0 heterocycles. The van der Waals surface area contributed by atoms with E-state index >= 15 is 0 Å². The van der Waals surface area contributed by atoms with Crippen LogP contribution in [-0.4, -0.2) is 32.8 Å². The van der Waals surface area contributed by atoms with Gasteiger partial charge in [-0.15, -0.1) is 0 Å². The van der Waals surface area contributed by atoms with Crippen molar-refractivity contribution in [3.63, 3.8) is 0 Å². The Bertz CT molecular complexity index is 351. The van der Waals surface area contributed by atoms with Crippen LogP contribution in [0.5, 0.6) is 0 Å². The fourth-order valence-electron chi connectivity index (χ4n) is 3.20. The second-order valence-electron chi connectivity index (χ2n) is 7.21. The van der Waals surface area contributed by atoms with Crippen molar-refractivity contribution in [2.75, 3.05) is 20.3 Å². The van der Waals surface area contributed by atoms with E-state index in [0.717, 1.165) is 4.48 Å². The zero-order chi connectivity index (χ0) is 13.8. The molecule has 1 aromatic carbocycles. The molecule has 0 saturated heterocycles. The number of nitrogens with zero attached hydrogens (tertiary/aromatic N) is 1. The zero-order valence-corrected chi connectivity index (χ0v) is 14.0. The molecule has 0 spiro atoms. The van der Waals surface area contributed by atoms with Crippen LogP contribution in [-0.2, 0) is 0 Å². The Morgan fingerprint density at radius 2 is 1.61 bits per heavy atom. The molecule has 1 aromatic rings. The highest BCUT2D eigenvalue weighted by molar-refractivity contribution is 6.75. The highest BCUT2D eigenvalue weighted by Gasteiger charge is 2.34. The van der Waals surface area contributed by atoms with Gasteiger partial charge in [0, 0.05) is 12.0 Å². The number of hydrogen-bond acceptors (Lipinski definition) is 0. The number of benzene rings is 1. The molecule has 0 aromatic heterocycles. The molecule has 0 aliphatic carbocycles. The molecule has 0 aliphatic rings. The van der Waals surface area contributed by atoms with Crippen LogP contribution in [0.3, 0.4) is 0 Å². The zero-order valence-electron chi connectivity index (χ0n) is 13.0. The van der Waals surface area contributed by atoms with Gasteiger partial charge in [-0.25, -0.2) is 0 Å². The minimum atomic E-state index is -1.05. The van der Waals surface area contributed by atoms with Crippen molar-refractivity contribution in [3.05, 3.63) is 35.9 Å². The van der Waals surface area contributed by atoms with Gasteiger partial charge in [0.15, 0.2) is 0 Å². The smallest absolute Gasteiger partial charge is 0.114 e. The third-order valence-corrected chi connectivity index (χ3v) is 5.24. The van der Waals surface area contributed by atoms with E-state index < -0.39 is 8.07 Å². The summed E-state index contributed by atoms with van der Waals surface area (Å²) in [6.07, 6.45) is 3.88. The molecule has 2 heteroatoms. The number of quaternary nitrogens is 1. The van der Waals surface area contributed by atoms with Crippen molar-refractivity contribution in [3.8, 4) is 0 Å². The quantitative estimate of drug-likeness (QED) is 0.525. The topological polar surface area (TPSA) is 0 Å². The van der Waals surface area contributed by atoms with Gasteiger partial charge in [-0.2, -0.15) is 0 Å². The Balaban J connectivity index is 2.97. The van der Waals surface area contributed by atoms with Gasteiger partial charge in [0.25, 0.3) is 0 Å². The Labute approximate surface area is 114 Å². The molecule has 18 heavy (non-hydrogen) atoms. The SMILES string of the molecule is CCCC(c1ccccc1)[N+](C)(C)C[Si](C)(C)C. The van der Waals surface area contributed by atoms with E-state index in [1.807, 2.05) is 0 Å². The first kappa shape index (κ1) is 15.5. The van der Waals surface area contributed by atoms with Gasteiger partial charge < -0.3 is 4.48 Å². The summed E-state index contributed by atoms with van der Waals surface area (Å²) in [5, 5.41) is 0. The normalized spacial score (nSPS) is 14.6. The third-order valence-electron chi connectivity index (χ3n) is 3.47. The summed E-state index contributed by atoms with van der Waals surface area (Å²) in [6, 6.07) is 11.7. The maximum atomic E-state index is 2.47. The van der Waals surface area contributed by atoms with E-state index in [1.165, 1.54) is 24.6 Å². The number of rotatable bonds is 6. The standard InChI is InChI=1S/C16H30NSi/c1-7-11-16(15-12-9-8-10-13-15)17(2,3)14-18(4,5)6/h8-10,12-13,16H,7,11,14H2,1-6H3/q+1. The monoisotopic (exact) mass is 264 g/mol. The number of hydrogen-bond donors (Lipinski definition) is 0. The average molecular weight is 265 g/mol. The molecule has 0 fully saturated rings. The predicted octanol–water partition coefficient (Wildman–Crippen LogP) is 4.48. The molecule has 1 atom stereocenters. The van der Waals surface area contributed by atoms with E-state index in [1.54, 1.807) is 0 Å².